The SMILES string of the molecule is C.C#CCOCCOCCNC(=O)CCC(CCC(=O)NCCOCCOCC#C)(CCC(=O)NCCOCCOCC#C)NC(=O)C1CCC(O)CC1.C#CCOCCOCCNC(=O)CCC(CCC(=O)NCCOCCOCC#C)(CCC(=O)NCCOCCOCC#C)NC(=O)C1CCC(OC(C)=O)CC1.[Na+].[OH-]. The number of aliphatic hydroxyl groups is 1. The maximum atomic E-state index is 13.9. The van der Waals surface area contributed by atoms with Crippen LogP contribution in [0.4, 0.5) is 0 Å². The van der Waals surface area contributed by atoms with E-state index in [2.05, 4.69) is 78.1 Å². The van der Waals surface area contributed by atoms with Gasteiger partial charge in [-0.1, -0.05) is 42.9 Å². The second-order valence-electron chi connectivity index (χ2n) is 25.4. The molecule has 0 aliphatic heterocycles. The van der Waals surface area contributed by atoms with E-state index in [1.54, 1.807) is 0 Å². The molecule has 2 aliphatic carbocycles. The fourth-order valence-corrected chi connectivity index (χ4v) is 11.2. The maximum absolute atomic E-state index is 13.9. The molecule has 0 aromatic carbocycles. The molecule has 8 amide bonds. The molecule has 628 valence electrons. The molecule has 112 heavy (non-hydrogen) atoms. The molecule has 0 radical (unpaired) electrons. The van der Waals surface area contributed by atoms with Crippen molar-refractivity contribution in [1.82, 2.24) is 42.5 Å². The molecular weight excluding hydrogens is 1470 g/mol. The van der Waals surface area contributed by atoms with Crippen molar-refractivity contribution in [3.8, 4) is 74.1 Å². The minimum Gasteiger partial charge on any atom is -0.870 e. The van der Waals surface area contributed by atoms with E-state index in [-0.39, 0.29) is 309 Å². The number of rotatable bonds is 65. The Bertz CT molecular complexity index is 2580. The molecule has 33 heteroatoms. The summed E-state index contributed by atoms with van der Waals surface area (Å²) in [5.74, 6) is 11.1. The Morgan fingerprint density at radius 2 is 0.527 bits per heavy atom. The molecule has 0 atom stereocenters. The van der Waals surface area contributed by atoms with E-state index in [1.807, 2.05) is 0 Å². The summed E-state index contributed by atoms with van der Waals surface area (Å²) in [6, 6.07) is 0. The first-order chi connectivity index (χ1) is 52.9. The average Bonchev–Trinajstić information content (AvgIpc) is 0.837. The monoisotopic (exact) mass is 1590 g/mol. The largest absolute Gasteiger partial charge is 1.00 e. The van der Waals surface area contributed by atoms with Crippen molar-refractivity contribution in [2.75, 3.05) is 198 Å². The Labute approximate surface area is 686 Å². The summed E-state index contributed by atoms with van der Waals surface area (Å²) in [5.41, 5.74) is -2.14. The number of amides is 8. The number of hydrogen-bond donors (Lipinski definition) is 9. The topological polar surface area (TPSA) is 420 Å². The molecule has 0 bridgehead atoms. The maximum Gasteiger partial charge on any atom is 1.00 e. The molecule has 2 rings (SSSR count). The van der Waals surface area contributed by atoms with Crippen LogP contribution < -0.4 is 72.1 Å². The van der Waals surface area contributed by atoms with Crippen LogP contribution in [-0.4, -0.2) is 285 Å². The average molecular weight is 1600 g/mol. The molecule has 0 spiro atoms. The van der Waals surface area contributed by atoms with Gasteiger partial charge in [0, 0.05) is 108 Å². The standard InChI is InChI=1S/C40H62N4O12.C38H60N4O11.CH4.Na.H2O/c1-5-21-50-27-30-53-24-18-41-36(46)12-15-40(16-13-37(47)42-19-25-54-31-28-51-22-6-2,17-14-38(48)43-20-26-55-32-29-52-23-7-3)44-39(49)34-8-10-35(11-9-34)56-33(4)45;1-4-20-48-26-29-51-23-17-39-34(44)11-14-38(42-37(47)32-7-9-33(43)10-8-32,15-12-35(45)40-18-24-52-30-27-49-21-5-2)16-13-36(46)41-19-25-53-31-28-50-22-6-3;;;/h1-3,34-35H,8-32H2,4H3,(H,41,46)(H,42,47)(H,43,48)(H,44,49);1-3,32-33,43H,7-31H2,(H,39,44)(H,40,45)(H,41,46)(H,42,47);1H4;;1H2/q;;;+1;/p-1. The fraction of sp³-hybridized carbons (Fsp3) is 0.734. The van der Waals surface area contributed by atoms with Gasteiger partial charge in [-0.15, -0.1) is 38.5 Å². The van der Waals surface area contributed by atoms with Crippen LogP contribution >= 0.6 is 0 Å². The number of nitrogens with one attached hydrogen (secondary N) is 8. The van der Waals surface area contributed by atoms with E-state index in [9.17, 15) is 48.3 Å². The van der Waals surface area contributed by atoms with Crippen LogP contribution in [0.15, 0.2) is 0 Å². The van der Waals surface area contributed by atoms with E-state index in [0.717, 1.165) is 0 Å². The van der Waals surface area contributed by atoms with Gasteiger partial charge in [0.25, 0.3) is 0 Å². The third-order valence-electron chi connectivity index (χ3n) is 17.0. The zero-order valence-electron chi connectivity index (χ0n) is 65.5. The number of terminal acetylenes is 6. The smallest absolute Gasteiger partial charge is 0.870 e. The van der Waals surface area contributed by atoms with Gasteiger partial charge in [0.05, 0.1) is 125 Å². The molecule has 10 N–H and O–H groups in total. The summed E-state index contributed by atoms with van der Waals surface area (Å²) in [6.07, 6.45) is 35.5. The van der Waals surface area contributed by atoms with Gasteiger partial charge >= 0.3 is 35.5 Å². The predicted molar refractivity (Wildman–Crippen MR) is 412 cm³/mol. The van der Waals surface area contributed by atoms with Crippen molar-refractivity contribution in [3.63, 3.8) is 0 Å². The normalized spacial score (nSPS) is 14.8. The Kier molecular flexibility index (Phi) is 73.5. The number of carbonyl (C=O) groups excluding carboxylic acids is 9. The first kappa shape index (κ1) is 109. The Morgan fingerprint density at radius 3 is 0.723 bits per heavy atom. The summed E-state index contributed by atoms with van der Waals surface area (Å²) in [7, 11) is 0. The van der Waals surface area contributed by atoms with Gasteiger partial charge in [-0.2, -0.15) is 0 Å². The zero-order chi connectivity index (χ0) is 80.0. The van der Waals surface area contributed by atoms with Crippen LogP contribution in [-0.2, 0) is 105 Å². The summed E-state index contributed by atoms with van der Waals surface area (Å²) in [6.45, 7) is 9.57. The summed E-state index contributed by atoms with van der Waals surface area (Å²) in [4.78, 5) is 117. The van der Waals surface area contributed by atoms with Crippen molar-refractivity contribution in [2.24, 2.45) is 11.8 Å². The van der Waals surface area contributed by atoms with Crippen molar-refractivity contribution >= 4 is 53.2 Å². The molecule has 2 aliphatic rings. The Hall–Kier alpha value is -6.97. The first-order valence-electron chi connectivity index (χ1n) is 37.5. The summed E-state index contributed by atoms with van der Waals surface area (Å²) < 4.78 is 69.1. The van der Waals surface area contributed by atoms with E-state index >= 15 is 0 Å². The minimum absolute atomic E-state index is 0. The second-order valence-corrected chi connectivity index (χ2v) is 25.4. The quantitative estimate of drug-likeness (QED) is 0.0140. The number of carbonyl (C=O) groups is 9. The molecule has 0 aromatic rings. The van der Waals surface area contributed by atoms with Gasteiger partial charge in [-0.05, 0) is 89.9 Å². The minimum atomic E-state index is -1.09. The van der Waals surface area contributed by atoms with Crippen LogP contribution in [0, 0.1) is 85.9 Å². The molecule has 0 heterocycles. The van der Waals surface area contributed by atoms with Crippen LogP contribution in [0.3, 0.4) is 0 Å². The number of hydrogen-bond acceptors (Lipinski definition) is 24. The summed E-state index contributed by atoms with van der Waals surface area (Å²) in [5, 5.41) is 33.3. The van der Waals surface area contributed by atoms with Crippen LogP contribution in [0.5, 0.6) is 0 Å². The van der Waals surface area contributed by atoms with Gasteiger partial charge < -0.3 is 115 Å². The Balaban J connectivity index is -0.00000207. The predicted octanol–water partition coefficient (Wildman–Crippen LogP) is -1.80. The molecule has 0 aromatic heterocycles. The van der Waals surface area contributed by atoms with E-state index in [4.69, 9.17) is 100 Å². The van der Waals surface area contributed by atoms with Gasteiger partial charge in [0.15, 0.2) is 0 Å². The number of esters is 1. The van der Waals surface area contributed by atoms with Gasteiger partial charge in [0.2, 0.25) is 47.3 Å². The molecule has 0 unspecified atom stereocenters. The van der Waals surface area contributed by atoms with Gasteiger partial charge in [0.1, 0.15) is 45.7 Å². The molecule has 2 saturated carbocycles. The first-order valence-corrected chi connectivity index (χ1v) is 37.5. The van der Waals surface area contributed by atoms with E-state index in [1.165, 1.54) is 6.92 Å². The third-order valence-corrected chi connectivity index (χ3v) is 17.0. The fourth-order valence-electron chi connectivity index (χ4n) is 11.2. The molecular formula is C79H127N8NaO24. The van der Waals surface area contributed by atoms with Gasteiger partial charge in [-0.25, -0.2) is 0 Å². The molecule has 2 fully saturated rings. The summed E-state index contributed by atoms with van der Waals surface area (Å²) >= 11 is 0. The number of ether oxygens (including phenoxy) is 13. The van der Waals surface area contributed by atoms with Crippen molar-refractivity contribution < 1.29 is 145 Å². The van der Waals surface area contributed by atoms with Crippen molar-refractivity contribution in [3.05, 3.63) is 0 Å². The second kappa shape index (κ2) is 75.4. The number of aliphatic hydroxyl groups excluding tert-OH is 1. The van der Waals surface area contributed by atoms with E-state index < -0.39 is 17.2 Å². The zero-order valence-corrected chi connectivity index (χ0v) is 67.5. The van der Waals surface area contributed by atoms with Crippen LogP contribution in [0.2, 0.25) is 0 Å². The third kappa shape index (κ3) is 62.5. The van der Waals surface area contributed by atoms with Crippen LogP contribution in [0.25, 0.3) is 0 Å². The van der Waals surface area contributed by atoms with Crippen molar-refractivity contribution in [2.45, 2.75) is 166 Å². The Morgan fingerprint density at radius 1 is 0.330 bits per heavy atom. The molecule has 0 saturated heterocycles. The van der Waals surface area contributed by atoms with Crippen LogP contribution in [0.1, 0.15) is 143 Å². The van der Waals surface area contributed by atoms with E-state index in [0.29, 0.717) is 131 Å². The van der Waals surface area contributed by atoms with Gasteiger partial charge in [-0.3, -0.25) is 43.2 Å². The molecule has 32 nitrogen and oxygen atoms in total. The van der Waals surface area contributed by atoms with Crippen molar-refractivity contribution in [1.29, 1.82) is 0 Å².